The lowest BCUT2D eigenvalue weighted by atomic mass is 9.47. The minimum Gasteiger partial charge on any atom is -0.480 e. The van der Waals surface area contributed by atoms with Crippen molar-refractivity contribution in [1.82, 2.24) is 0 Å². The Hall–Kier alpha value is -1.06. The fourth-order valence-corrected chi connectivity index (χ4v) is 5.45. The summed E-state index contributed by atoms with van der Waals surface area (Å²) in [5.41, 5.74) is -1.36. The Morgan fingerprint density at radius 2 is 1.53 bits per heavy atom. The molecule has 0 aromatic heterocycles. The number of carbonyl (C=O) groups is 2. The van der Waals surface area contributed by atoms with Gasteiger partial charge in [0.25, 0.3) is 0 Å². The highest BCUT2D eigenvalue weighted by molar-refractivity contribution is 5.99. The Bertz CT molecular complexity index is 388. The van der Waals surface area contributed by atoms with Crippen molar-refractivity contribution in [1.29, 1.82) is 0 Å². The fraction of sp³-hybridized carbons (Fsp3) is 0.867. The summed E-state index contributed by atoms with van der Waals surface area (Å²) >= 11 is 0. The SMILES string of the molecule is COC(=O)C(C)(C(=O)O)C1C2CC3CC(C2)CC1C3. The van der Waals surface area contributed by atoms with Crippen LogP contribution in [-0.4, -0.2) is 24.2 Å². The van der Waals surface area contributed by atoms with Gasteiger partial charge in [0.1, 0.15) is 0 Å². The first kappa shape index (κ1) is 12.9. The minimum absolute atomic E-state index is 0.0368. The van der Waals surface area contributed by atoms with Gasteiger partial charge in [0.15, 0.2) is 5.41 Å². The van der Waals surface area contributed by atoms with Gasteiger partial charge in [0, 0.05) is 0 Å². The van der Waals surface area contributed by atoms with E-state index in [1.165, 1.54) is 13.5 Å². The van der Waals surface area contributed by atoms with Gasteiger partial charge in [-0.1, -0.05) is 0 Å². The van der Waals surface area contributed by atoms with E-state index in [0.717, 1.165) is 37.5 Å². The summed E-state index contributed by atoms with van der Waals surface area (Å²) < 4.78 is 4.81. The Morgan fingerprint density at radius 3 is 1.89 bits per heavy atom. The molecule has 0 saturated heterocycles. The Balaban J connectivity index is 1.95. The first-order valence-corrected chi connectivity index (χ1v) is 7.28. The van der Waals surface area contributed by atoms with Crippen molar-refractivity contribution in [2.75, 3.05) is 7.11 Å². The summed E-state index contributed by atoms with van der Waals surface area (Å²) in [6, 6.07) is 0. The molecule has 0 aromatic carbocycles. The second-order valence-corrected chi connectivity index (χ2v) is 6.96. The van der Waals surface area contributed by atoms with Crippen LogP contribution in [0.5, 0.6) is 0 Å². The van der Waals surface area contributed by atoms with Crippen LogP contribution in [0.25, 0.3) is 0 Å². The van der Waals surface area contributed by atoms with Gasteiger partial charge in [-0.05, 0) is 68.6 Å². The van der Waals surface area contributed by atoms with E-state index in [0.29, 0.717) is 11.8 Å². The van der Waals surface area contributed by atoms with E-state index >= 15 is 0 Å². The van der Waals surface area contributed by atoms with Crippen LogP contribution in [0.1, 0.15) is 39.0 Å². The number of aliphatic carboxylic acids is 1. The second-order valence-electron chi connectivity index (χ2n) is 6.96. The maximum atomic E-state index is 12.1. The van der Waals surface area contributed by atoms with Gasteiger partial charge < -0.3 is 9.84 Å². The molecule has 4 nitrogen and oxygen atoms in total. The third kappa shape index (κ3) is 1.72. The average Bonchev–Trinajstić information content (AvgIpc) is 2.35. The van der Waals surface area contributed by atoms with Crippen molar-refractivity contribution >= 4 is 11.9 Å². The summed E-state index contributed by atoms with van der Waals surface area (Å²) in [4.78, 5) is 23.8. The van der Waals surface area contributed by atoms with E-state index in [4.69, 9.17) is 4.74 Å². The van der Waals surface area contributed by atoms with Crippen LogP contribution in [0.4, 0.5) is 0 Å². The maximum absolute atomic E-state index is 12.1. The van der Waals surface area contributed by atoms with E-state index in [1.54, 1.807) is 6.92 Å². The summed E-state index contributed by atoms with van der Waals surface area (Å²) in [5, 5.41) is 9.62. The topological polar surface area (TPSA) is 63.6 Å². The van der Waals surface area contributed by atoms with Gasteiger partial charge in [-0.3, -0.25) is 9.59 Å². The first-order chi connectivity index (χ1) is 8.96. The number of methoxy groups -OCH3 is 1. The molecule has 4 aliphatic rings. The number of carboxylic acids is 1. The molecule has 4 saturated carbocycles. The molecule has 106 valence electrons. The van der Waals surface area contributed by atoms with Gasteiger partial charge >= 0.3 is 11.9 Å². The largest absolute Gasteiger partial charge is 0.480 e. The van der Waals surface area contributed by atoms with Crippen LogP contribution in [-0.2, 0) is 14.3 Å². The van der Waals surface area contributed by atoms with Gasteiger partial charge in [0.2, 0.25) is 0 Å². The van der Waals surface area contributed by atoms with E-state index in [-0.39, 0.29) is 5.92 Å². The van der Waals surface area contributed by atoms with Crippen molar-refractivity contribution in [3.63, 3.8) is 0 Å². The van der Waals surface area contributed by atoms with E-state index in [9.17, 15) is 14.7 Å². The molecule has 4 aliphatic carbocycles. The zero-order valence-electron chi connectivity index (χ0n) is 11.6. The standard InChI is InChI=1S/C15H22O4/c1-15(13(16)17,14(18)19-2)12-10-4-8-3-9(6-10)7-11(12)5-8/h8-12H,3-7H2,1-2H3,(H,16,17). The molecule has 1 N–H and O–H groups in total. The molecule has 0 aromatic rings. The molecule has 0 heterocycles. The summed E-state index contributed by atoms with van der Waals surface area (Å²) in [6.45, 7) is 1.58. The lowest BCUT2D eigenvalue weighted by Crippen LogP contribution is -2.56. The summed E-state index contributed by atoms with van der Waals surface area (Å²) in [5.74, 6) is 0.719. The smallest absolute Gasteiger partial charge is 0.323 e. The van der Waals surface area contributed by atoms with Crippen molar-refractivity contribution in [2.45, 2.75) is 39.0 Å². The average molecular weight is 266 g/mol. The molecule has 0 aliphatic heterocycles. The highest BCUT2D eigenvalue weighted by Gasteiger charge is 2.60. The zero-order valence-corrected chi connectivity index (χ0v) is 11.6. The van der Waals surface area contributed by atoms with Crippen molar-refractivity contribution in [3.05, 3.63) is 0 Å². The second kappa shape index (κ2) is 4.22. The molecule has 0 spiro atoms. The van der Waals surface area contributed by atoms with Crippen molar-refractivity contribution in [2.24, 2.45) is 35.0 Å². The van der Waals surface area contributed by atoms with Crippen LogP contribution in [0.3, 0.4) is 0 Å². The molecular formula is C15H22O4. The molecule has 1 unspecified atom stereocenters. The molecule has 4 fully saturated rings. The normalized spacial score (nSPS) is 42.7. The zero-order chi connectivity index (χ0) is 13.8. The molecular weight excluding hydrogens is 244 g/mol. The van der Waals surface area contributed by atoms with Crippen molar-refractivity contribution in [3.8, 4) is 0 Å². The lowest BCUT2D eigenvalue weighted by Gasteiger charge is -2.57. The third-order valence-corrected chi connectivity index (χ3v) is 5.95. The van der Waals surface area contributed by atoms with Crippen molar-refractivity contribution < 1.29 is 19.4 Å². The van der Waals surface area contributed by atoms with Crippen LogP contribution < -0.4 is 0 Å². The summed E-state index contributed by atoms with van der Waals surface area (Å²) in [6.07, 6.45) is 5.76. The molecule has 4 heteroatoms. The molecule has 4 rings (SSSR count). The number of rotatable bonds is 3. The predicted octanol–water partition coefficient (Wildman–Crippen LogP) is 2.32. The third-order valence-electron chi connectivity index (χ3n) is 5.95. The molecule has 1 atom stereocenters. The highest BCUT2D eigenvalue weighted by Crippen LogP contribution is 2.61. The van der Waals surface area contributed by atoms with E-state index in [1.807, 2.05) is 0 Å². The number of ether oxygens (including phenoxy) is 1. The lowest BCUT2D eigenvalue weighted by molar-refractivity contribution is -0.183. The Kier molecular flexibility index (Phi) is 2.88. The summed E-state index contributed by atoms with van der Waals surface area (Å²) in [7, 11) is 1.29. The first-order valence-electron chi connectivity index (χ1n) is 7.28. The molecule has 19 heavy (non-hydrogen) atoms. The number of carboxylic acid groups (broad SMARTS) is 1. The van der Waals surface area contributed by atoms with Crippen LogP contribution in [0, 0.1) is 35.0 Å². The quantitative estimate of drug-likeness (QED) is 0.629. The van der Waals surface area contributed by atoms with Gasteiger partial charge in [0.05, 0.1) is 7.11 Å². The Morgan fingerprint density at radius 1 is 1.05 bits per heavy atom. The minimum atomic E-state index is -1.36. The van der Waals surface area contributed by atoms with Crippen LogP contribution in [0.15, 0.2) is 0 Å². The van der Waals surface area contributed by atoms with E-state index < -0.39 is 17.4 Å². The van der Waals surface area contributed by atoms with Crippen LogP contribution in [0.2, 0.25) is 0 Å². The van der Waals surface area contributed by atoms with Gasteiger partial charge in [-0.25, -0.2) is 0 Å². The Labute approximate surface area is 113 Å². The number of hydrogen-bond acceptors (Lipinski definition) is 3. The number of hydrogen-bond donors (Lipinski definition) is 1. The molecule has 0 radical (unpaired) electrons. The van der Waals surface area contributed by atoms with E-state index in [2.05, 4.69) is 0 Å². The van der Waals surface area contributed by atoms with Gasteiger partial charge in [-0.15, -0.1) is 0 Å². The highest BCUT2D eigenvalue weighted by atomic mass is 16.5. The molecule has 4 bridgehead atoms. The number of esters is 1. The predicted molar refractivity (Wildman–Crippen MR) is 68.3 cm³/mol. The fourth-order valence-electron chi connectivity index (χ4n) is 5.45. The van der Waals surface area contributed by atoms with Crippen LogP contribution >= 0.6 is 0 Å². The number of carbonyl (C=O) groups excluding carboxylic acids is 1. The maximum Gasteiger partial charge on any atom is 0.323 e. The molecule has 0 amide bonds. The monoisotopic (exact) mass is 266 g/mol. The van der Waals surface area contributed by atoms with Gasteiger partial charge in [-0.2, -0.15) is 0 Å².